The first-order chi connectivity index (χ1) is 14.0. The first kappa shape index (κ1) is 21.0. The Morgan fingerprint density at radius 1 is 1.00 bits per heavy atom. The third kappa shape index (κ3) is 5.41. The predicted octanol–water partition coefficient (Wildman–Crippen LogP) is 6.79. The van der Waals surface area contributed by atoms with Crippen LogP contribution in [0.5, 0.6) is 11.5 Å². The number of aryl methyl sites for hydroxylation is 1. The molecule has 0 saturated carbocycles. The lowest BCUT2D eigenvalue weighted by atomic mass is 10.1. The van der Waals surface area contributed by atoms with Crippen molar-refractivity contribution in [2.45, 2.75) is 13.5 Å². The van der Waals surface area contributed by atoms with Crippen molar-refractivity contribution in [3.05, 3.63) is 99.0 Å². The first-order valence-electron chi connectivity index (χ1n) is 9.00. The summed E-state index contributed by atoms with van der Waals surface area (Å²) in [6, 6.07) is 18.3. The summed E-state index contributed by atoms with van der Waals surface area (Å²) in [4.78, 5) is 12.4. The lowest BCUT2D eigenvalue weighted by molar-refractivity contribution is 0.104. The van der Waals surface area contributed by atoms with Crippen molar-refractivity contribution in [2.24, 2.45) is 0 Å². The number of carbonyl (C=O) groups excluding carboxylic acids is 1. The highest BCUT2D eigenvalue weighted by Crippen LogP contribution is 2.25. The van der Waals surface area contributed by atoms with Crippen LogP contribution in [-0.4, -0.2) is 12.9 Å². The molecule has 0 radical (unpaired) electrons. The van der Waals surface area contributed by atoms with Gasteiger partial charge in [0, 0.05) is 16.1 Å². The number of para-hydroxylation sites is 1. The van der Waals surface area contributed by atoms with E-state index in [1.54, 1.807) is 31.4 Å². The standard InChI is InChI=1S/C24H20Cl2O3/c1-16-5-3-4-6-23(16)29-15-18-13-17(8-12-24(18)28-2)7-11-22(27)20-10-9-19(25)14-21(20)26/h3-14H,15H2,1-2H3/b11-7+. The van der Waals surface area contributed by atoms with Gasteiger partial charge in [-0.15, -0.1) is 0 Å². The fourth-order valence-electron chi connectivity index (χ4n) is 2.84. The second-order valence-electron chi connectivity index (χ2n) is 6.45. The van der Waals surface area contributed by atoms with Crippen LogP contribution in [0.3, 0.4) is 0 Å². The zero-order valence-corrected chi connectivity index (χ0v) is 17.6. The fraction of sp³-hybridized carbons (Fsp3) is 0.125. The van der Waals surface area contributed by atoms with Gasteiger partial charge in [0.15, 0.2) is 5.78 Å². The molecule has 148 valence electrons. The average Bonchev–Trinajstić information content (AvgIpc) is 2.71. The fourth-order valence-corrected chi connectivity index (χ4v) is 3.34. The molecule has 0 amide bonds. The van der Waals surface area contributed by atoms with Crippen LogP contribution in [0.25, 0.3) is 6.08 Å². The van der Waals surface area contributed by atoms with E-state index in [1.807, 2.05) is 49.4 Å². The monoisotopic (exact) mass is 426 g/mol. The lowest BCUT2D eigenvalue weighted by Crippen LogP contribution is -2.00. The van der Waals surface area contributed by atoms with E-state index in [9.17, 15) is 4.79 Å². The molecule has 0 aromatic heterocycles. The van der Waals surface area contributed by atoms with Gasteiger partial charge < -0.3 is 9.47 Å². The number of hydrogen-bond acceptors (Lipinski definition) is 3. The van der Waals surface area contributed by atoms with E-state index in [4.69, 9.17) is 32.7 Å². The van der Waals surface area contributed by atoms with E-state index >= 15 is 0 Å². The van der Waals surface area contributed by atoms with E-state index < -0.39 is 0 Å². The Hall–Kier alpha value is -2.75. The Morgan fingerprint density at radius 2 is 1.79 bits per heavy atom. The summed E-state index contributed by atoms with van der Waals surface area (Å²) in [5, 5.41) is 0.818. The maximum absolute atomic E-state index is 12.4. The van der Waals surface area contributed by atoms with E-state index in [0.29, 0.717) is 22.2 Å². The maximum atomic E-state index is 12.4. The highest BCUT2D eigenvalue weighted by atomic mass is 35.5. The van der Waals surface area contributed by atoms with Gasteiger partial charge in [0.1, 0.15) is 18.1 Å². The molecular formula is C24H20Cl2O3. The molecule has 0 atom stereocenters. The lowest BCUT2D eigenvalue weighted by Gasteiger charge is -2.12. The third-order valence-electron chi connectivity index (χ3n) is 4.40. The minimum absolute atomic E-state index is 0.194. The number of methoxy groups -OCH3 is 1. The third-order valence-corrected chi connectivity index (χ3v) is 4.95. The smallest absolute Gasteiger partial charge is 0.187 e. The Kier molecular flexibility index (Phi) is 6.97. The van der Waals surface area contributed by atoms with Crippen LogP contribution >= 0.6 is 23.2 Å². The van der Waals surface area contributed by atoms with Gasteiger partial charge in [0.05, 0.1) is 12.1 Å². The molecule has 0 saturated heterocycles. The molecule has 0 unspecified atom stereocenters. The quantitative estimate of drug-likeness (QED) is 0.308. The Bertz CT molecular complexity index is 1060. The average molecular weight is 427 g/mol. The topological polar surface area (TPSA) is 35.5 Å². The second kappa shape index (κ2) is 9.64. The number of hydrogen-bond donors (Lipinski definition) is 0. The van der Waals surface area contributed by atoms with E-state index in [2.05, 4.69) is 0 Å². The summed E-state index contributed by atoms with van der Waals surface area (Å²) in [6.45, 7) is 2.35. The Balaban J connectivity index is 1.78. The zero-order chi connectivity index (χ0) is 20.8. The van der Waals surface area contributed by atoms with Gasteiger partial charge in [0.2, 0.25) is 0 Å². The van der Waals surface area contributed by atoms with Crippen LogP contribution in [0, 0.1) is 6.92 Å². The number of rotatable bonds is 7. The van der Waals surface area contributed by atoms with Gasteiger partial charge in [-0.3, -0.25) is 4.79 Å². The van der Waals surface area contributed by atoms with Crippen molar-refractivity contribution in [3.63, 3.8) is 0 Å². The molecule has 0 spiro atoms. The van der Waals surface area contributed by atoms with E-state index in [0.717, 1.165) is 28.2 Å². The molecule has 0 fully saturated rings. The van der Waals surface area contributed by atoms with Crippen molar-refractivity contribution in [2.75, 3.05) is 7.11 Å². The van der Waals surface area contributed by atoms with E-state index in [1.165, 1.54) is 6.08 Å². The molecular weight excluding hydrogens is 407 g/mol. The van der Waals surface area contributed by atoms with Crippen molar-refractivity contribution >= 4 is 35.1 Å². The molecule has 3 rings (SSSR count). The molecule has 3 nitrogen and oxygen atoms in total. The highest BCUT2D eigenvalue weighted by Gasteiger charge is 2.09. The number of ether oxygens (including phenoxy) is 2. The highest BCUT2D eigenvalue weighted by molar-refractivity contribution is 6.37. The predicted molar refractivity (Wildman–Crippen MR) is 118 cm³/mol. The normalized spacial score (nSPS) is 10.9. The van der Waals surface area contributed by atoms with Crippen LogP contribution in [0.1, 0.15) is 27.0 Å². The molecule has 0 heterocycles. The van der Waals surface area contributed by atoms with Gasteiger partial charge in [-0.25, -0.2) is 0 Å². The molecule has 3 aromatic rings. The van der Waals surface area contributed by atoms with Crippen molar-refractivity contribution in [1.82, 2.24) is 0 Å². The molecule has 5 heteroatoms. The molecule has 0 aliphatic rings. The van der Waals surface area contributed by atoms with Gasteiger partial charge >= 0.3 is 0 Å². The van der Waals surface area contributed by atoms with Crippen LogP contribution in [0.15, 0.2) is 66.7 Å². The molecule has 0 aliphatic heterocycles. The largest absolute Gasteiger partial charge is 0.496 e. The van der Waals surface area contributed by atoms with Crippen molar-refractivity contribution in [1.29, 1.82) is 0 Å². The summed E-state index contributed by atoms with van der Waals surface area (Å²) in [6.07, 6.45) is 3.23. The number of allylic oxidation sites excluding steroid dienone is 1. The number of halogens is 2. The maximum Gasteiger partial charge on any atom is 0.187 e. The SMILES string of the molecule is COc1ccc(/C=C/C(=O)c2ccc(Cl)cc2Cl)cc1COc1ccccc1C. The van der Waals surface area contributed by atoms with E-state index in [-0.39, 0.29) is 5.78 Å². The second-order valence-corrected chi connectivity index (χ2v) is 7.29. The summed E-state index contributed by atoms with van der Waals surface area (Å²) >= 11 is 12.0. The Labute approximate surface area is 180 Å². The number of benzene rings is 3. The zero-order valence-electron chi connectivity index (χ0n) is 16.1. The molecule has 0 bridgehead atoms. The molecule has 0 aliphatic carbocycles. The van der Waals surface area contributed by atoms with Crippen LogP contribution in [0.2, 0.25) is 10.0 Å². The molecule has 0 N–H and O–H groups in total. The first-order valence-corrected chi connectivity index (χ1v) is 9.76. The van der Waals surface area contributed by atoms with Gasteiger partial charge in [-0.2, -0.15) is 0 Å². The van der Waals surface area contributed by atoms with Gasteiger partial charge in [-0.05, 0) is 60.5 Å². The van der Waals surface area contributed by atoms with Crippen LogP contribution in [-0.2, 0) is 6.61 Å². The minimum atomic E-state index is -0.194. The number of carbonyl (C=O) groups is 1. The summed E-state index contributed by atoms with van der Waals surface area (Å²) < 4.78 is 11.4. The summed E-state index contributed by atoms with van der Waals surface area (Å²) in [5.41, 5.74) is 3.21. The number of ketones is 1. The molecule has 3 aromatic carbocycles. The Morgan fingerprint density at radius 3 is 2.52 bits per heavy atom. The van der Waals surface area contributed by atoms with Crippen molar-refractivity contribution < 1.29 is 14.3 Å². The van der Waals surface area contributed by atoms with Crippen molar-refractivity contribution in [3.8, 4) is 11.5 Å². The van der Waals surface area contributed by atoms with Gasteiger partial charge in [0.25, 0.3) is 0 Å². The summed E-state index contributed by atoms with van der Waals surface area (Å²) in [5.74, 6) is 1.35. The molecule has 29 heavy (non-hydrogen) atoms. The summed E-state index contributed by atoms with van der Waals surface area (Å²) in [7, 11) is 1.62. The van der Waals surface area contributed by atoms with Crippen LogP contribution in [0.4, 0.5) is 0 Å². The van der Waals surface area contributed by atoms with Gasteiger partial charge in [-0.1, -0.05) is 53.5 Å². The van der Waals surface area contributed by atoms with Crippen LogP contribution < -0.4 is 9.47 Å². The minimum Gasteiger partial charge on any atom is -0.496 e.